The van der Waals surface area contributed by atoms with Crippen LogP contribution in [0.15, 0.2) is 48.5 Å². The van der Waals surface area contributed by atoms with E-state index >= 15 is 0 Å². The second-order valence-corrected chi connectivity index (χ2v) is 3.88. The molecule has 0 aromatic heterocycles. The van der Waals surface area contributed by atoms with Gasteiger partial charge in [0, 0.05) is 12.1 Å². The smallest absolute Gasteiger partial charge is 0.258 e. The van der Waals surface area contributed by atoms with Crippen LogP contribution in [-0.2, 0) is 0 Å². The standard InChI is InChI=1S/C15H10N2O2/c16-11-14-4-2-1-3-13(14)8-5-12-6-9-15(10-7-12)17(18)19/h1-10H/b8-5+. The Balaban J connectivity index is 2.23. The number of hydrogen-bond acceptors (Lipinski definition) is 3. The fraction of sp³-hybridized carbons (Fsp3) is 0. The molecule has 0 heterocycles. The fourth-order valence-electron chi connectivity index (χ4n) is 1.64. The van der Waals surface area contributed by atoms with Gasteiger partial charge < -0.3 is 0 Å². The lowest BCUT2D eigenvalue weighted by atomic mass is 10.1. The molecule has 2 aromatic carbocycles. The van der Waals surface area contributed by atoms with Crippen LogP contribution in [0, 0.1) is 21.4 Å². The number of benzene rings is 2. The van der Waals surface area contributed by atoms with Crippen LogP contribution in [0.5, 0.6) is 0 Å². The highest BCUT2D eigenvalue weighted by atomic mass is 16.6. The van der Waals surface area contributed by atoms with E-state index in [0.717, 1.165) is 11.1 Å². The molecular weight excluding hydrogens is 240 g/mol. The highest BCUT2D eigenvalue weighted by Gasteiger charge is 2.02. The van der Waals surface area contributed by atoms with Gasteiger partial charge in [-0.1, -0.05) is 30.4 Å². The summed E-state index contributed by atoms with van der Waals surface area (Å²) >= 11 is 0. The summed E-state index contributed by atoms with van der Waals surface area (Å²) < 4.78 is 0. The van der Waals surface area contributed by atoms with Gasteiger partial charge in [-0.05, 0) is 29.3 Å². The topological polar surface area (TPSA) is 66.9 Å². The first-order chi connectivity index (χ1) is 9.20. The minimum absolute atomic E-state index is 0.0644. The molecule has 4 heteroatoms. The zero-order chi connectivity index (χ0) is 13.7. The van der Waals surface area contributed by atoms with E-state index in [1.54, 1.807) is 18.2 Å². The van der Waals surface area contributed by atoms with Crippen molar-refractivity contribution in [1.82, 2.24) is 0 Å². The molecule has 2 rings (SSSR count). The third-order valence-electron chi connectivity index (χ3n) is 2.64. The highest BCUT2D eigenvalue weighted by molar-refractivity contribution is 5.72. The van der Waals surface area contributed by atoms with E-state index in [9.17, 15) is 10.1 Å². The van der Waals surface area contributed by atoms with E-state index in [-0.39, 0.29) is 5.69 Å². The van der Waals surface area contributed by atoms with Crippen molar-refractivity contribution >= 4 is 17.8 Å². The zero-order valence-corrected chi connectivity index (χ0v) is 9.98. The lowest BCUT2D eigenvalue weighted by molar-refractivity contribution is -0.384. The van der Waals surface area contributed by atoms with Gasteiger partial charge in [-0.3, -0.25) is 10.1 Å². The Labute approximate surface area is 110 Å². The van der Waals surface area contributed by atoms with Crippen LogP contribution in [0.3, 0.4) is 0 Å². The summed E-state index contributed by atoms with van der Waals surface area (Å²) in [5.74, 6) is 0. The van der Waals surface area contributed by atoms with Gasteiger partial charge in [-0.25, -0.2) is 0 Å². The number of nitrogens with zero attached hydrogens (tertiary/aromatic N) is 2. The normalized spacial score (nSPS) is 10.3. The predicted octanol–water partition coefficient (Wildman–Crippen LogP) is 3.64. The van der Waals surface area contributed by atoms with Crippen LogP contribution in [0.4, 0.5) is 5.69 Å². The Morgan fingerprint density at radius 1 is 1.05 bits per heavy atom. The summed E-state index contributed by atoms with van der Waals surface area (Å²) in [5.41, 5.74) is 2.33. The molecule has 19 heavy (non-hydrogen) atoms. The average molecular weight is 250 g/mol. The monoisotopic (exact) mass is 250 g/mol. The molecule has 0 aliphatic carbocycles. The van der Waals surface area contributed by atoms with Gasteiger partial charge in [-0.2, -0.15) is 5.26 Å². The molecule has 2 aromatic rings. The highest BCUT2D eigenvalue weighted by Crippen LogP contribution is 2.15. The first-order valence-electron chi connectivity index (χ1n) is 5.62. The Morgan fingerprint density at radius 2 is 1.74 bits per heavy atom. The molecule has 0 unspecified atom stereocenters. The molecule has 0 spiro atoms. The van der Waals surface area contributed by atoms with E-state index in [0.29, 0.717) is 5.56 Å². The van der Waals surface area contributed by atoms with Crippen LogP contribution in [0.1, 0.15) is 16.7 Å². The van der Waals surface area contributed by atoms with Crippen LogP contribution < -0.4 is 0 Å². The molecule has 0 bridgehead atoms. The first-order valence-corrected chi connectivity index (χ1v) is 5.62. The molecule has 0 aliphatic heterocycles. The SMILES string of the molecule is N#Cc1ccccc1/C=C/c1ccc([N+](=O)[O-])cc1. The van der Waals surface area contributed by atoms with E-state index in [4.69, 9.17) is 5.26 Å². The minimum Gasteiger partial charge on any atom is -0.258 e. The van der Waals surface area contributed by atoms with Crippen molar-refractivity contribution in [3.8, 4) is 6.07 Å². The summed E-state index contributed by atoms with van der Waals surface area (Å²) in [6, 6.07) is 15.6. The Hall–Kier alpha value is -2.93. The molecule has 0 radical (unpaired) electrons. The van der Waals surface area contributed by atoms with E-state index in [1.807, 2.05) is 30.4 Å². The maximum atomic E-state index is 10.5. The molecule has 0 fully saturated rings. The predicted molar refractivity (Wildman–Crippen MR) is 73.2 cm³/mol. The lowest BCUT2D eigenvalue weighted by Gasteiger charge is -1.97. The van der Waals surface area contributed by atoms with Gasteiger partial charge in [0.2, 0.25) is 0 Å². The summed E-state index contributed by atoms with van der Waals surface area (Å²) in [7, 11) is 0. The van der Waals surface area contributed by atoms with Gasteiger partial charge in [-0.15, -0.1) is 0 Å². The van der Waals surface area contributed by atoms with Crippen molar-refractivity contribution in [1.29, 1.82) is 5.26 Å². The maximum Gasteiger partial charge on any atom is 0.269 e. The molecular formula is C15H10N2O2. The Bertz CT molecular complexity index is 667. The molecule has 0 atom stereocenters. The summed E-state index contributed by atoms with van der Waals surface area (Å²) in [6.45, 7) is 0. The largest absolute Gasteiger partial charge is 0.269 e. The van der Waals surface area contributed by atoms with E-state index in [2.05, 4.69) is 6.07 Å². The van der Waals surface area contributed by atoms with E-state index in [1.165, 1.54) is 12.1 Å². The van der Waals surface area contributed by atoms with Gasteiger partial charge in [0.1, 0.15) is 0 Å². The van der Waals surface area contributed by atoms with Gasteiger partial charge >= 0.3 is 0 Å². The second-order valence-electron chi connectivity index (χ2n) is 3.88. The zero-order valence-electron chi connectivity index (χ0n) is 9.98. The van der Waals surface area contributed by atoms with Crippen LogP contribution in [0.2, 0.25) is 0 Å². The van der Waals surface area contributed by atoms with Gasteiger partial charge in [0.25, 0.3) is 5.69 Å². The fourth-order valence-corrected chi connectivity index (χ4v) is 1.64. The molecule has 0 saturated heterocycles. The quantitative estimate of drug-likeness (QED) is 0.474. The summed E-state index contributed by atoms with van der Waals surface area (Å²) in [5, 5.41) is 19.5. The molecule has 92 valence electrons. The van der Waals surface area contributed by atoms with Crippen LogP contribution in [-0.4, -0.2) is 4.92 Å². The first kappa shape index (κ1) is 12.5. The van der Waals surface area contributed by atoms with Crippen molar-refractivity contribution in [2.45, 2.75) is 0 Å². The lowest BCUT2D eigenvalue weighted by Crippen LogP contribution is -1.86. The van der Waals surface area contributed by atoms with Crippen LogP contribution in [0.25, 0.3) is 12.2 Å². The number of nitro groups is 1. The maximum absolute atomic E-state index is 10.5. The summed E-state index contributed by atoms with van der Waals surface area (Å²) in [4.78, 5) is 10.1. The van der Waals surface area contributed by atoms with Crippen LogP contribution >= 0.6 is 0 Å². The minimum atomic E-state index is -0.432. The number of nitro benzene ring substituents is 1. The van der Waals surface area contributed by atoms with Crippen molar-refractivity contribution in [3.05, 3.63) is 75.3 Å². The summed E-state index contributed by atoms with van der Waals surface area (Å²) in [6.07, 6.45) is 3.64. The Morgan fingerprint density at radius 3 is 2.37 bits per heavy atom. The number of rotatable bonds is 3. The molecule has 0 aliphatic rings. The average Bonchev–Trinajstić information content (AvgIpc) is 2.45. The van der Waals surface area contributed by atoms with Crippen molar-refractivity contribution in [2.75, 3.05) is 0 Å². The van der Waals surface area contributed by atoms with Crippen molar-refractivity contribution in [3.63, 3.8) is 0 Å². The van der Waals surface area contributed by atoms with E-state index < -0.39 is 4.92 Å². The van der Waals surface area contributed by atoms with Crippen molar-refractivity contribution < 1.29 is 4.92 Å². The molecule has 4 nitrogen and oxygen atoms in total. The second kappa shape index (κ2) is 5.61. The number of nitriles is 1. The van der Waals surface area contributed by atoms with Gasteiger partial charge in [0.05, 0.1) is 16.6 Å². The number of non-ortho nitro benzene ring substituents is 1. The Kier molecular flexibility index (Phi) is 3.70. The molecule has 0 saturated carbocycles. The van der Waals surface area contributed by atoms with Gasteiger partial charge in [0.15, 0.2) is 0 Å². The molecule has 0 N–H and O–H groups in total. The van der Waals surface area contributed by atoms with Crippen molar-refractivity contribution in [2.24, 2.45) is 0 Å². The third kappa shape index (κ3) is 3.05. The molecule has 0 amide bonds. The number of hydrogen-bond donors (Lipinski definition) is 0. The third-order valence-corrected chi connectivity index (χ3v) is 2.64.